The third-order valence-corrected chi connectivity index (χ3v) is 24.3. The van der Waals surface area contributed by atoms with Crippen LogP contribution in [0.3, 0.4) is 0 Å². The first kappa shape index (κ1) is 26.6. The number of nitrogens with one attached hydrogen (secondary N) is 2. The van der Waals surface area contributed by atoms with Gasteiger partial charge >= 0.3 is 0 Å². The van der Waals surface area contributed by atoms with Gasteiger partial charge in [-0.05, 0) is 56.6 Å². The second-order valence-corrected chi connectivity index (χ2v) is 25.7. The van der Waals surface area contributed by atoms with E-state index in [2.05, 4.69) is 74.9 Å². The van der Waals surface area contributed by atoms with Crippen molar-refractivity contribution in [2.45, 2.75) is 83.2 Å². The van der Waals surface area contributed by atoms with Crippen LogP contribution in [0.1, 0.15) is 33.1 Å². The molecule has 0 aliphatic carbocycles. The third kappa shape index (κ3) is 5.47. The summed E-state index contributed by atoms with van der Waals surface area (Å²) < 4.78 is 20.9. The molecule has 0 aromatic heterocycles. The summed E-state index contributed by atoms with van der Waals surface area (Å²) in [6, 6.07) is 17.6. The van der Waals surface area contributed by atoms with Crippen molar-refractivity contribution in [3.63, 3.8) is 0 Å². The number of hydrogen-bond acceptors (Lipinski definition) is 5. The fraction of sp³-hybridized carbons (Fsp3) is 0.556. The van der Waals surface area contributed by atoms with Crippen LogP contribution >= 0.6 is 0 Å². The molecule has 1 aliphatic rings. The summed E-state index contributed by atoms with van der Waals surface area (Å²) in [5.41, 5.74) is 1.59. The van der Waals surface area contributed by atoms with Crippen LogP contribution in [0.2, 0.25) is 32.2 Å². The van der Waals surface area contributed by atoms with Gasteiger partial charge in [-0.2, -0.15) is 0 Å². The molecule has 3 rings (SSSR count). The van der Waals surface area contributed by atoms with Gasteiger partial charge in [0.1, 0.15) is 29.3 Å². The monoisotopic (exact) mass is 500 g/mol. The van der Waals surface area contributed by atoms with Crippen LogP contribution in [0, 0.1) is 0 Å². The molecular formula is C27H44N2O3Si2. The molecule has 0 bridgehead atoms. The minimum atomic E-state index is -1.93. The van der Waals surface area contributed by atoms with Crippen molar-refractivity contribution >= 4 is 26.8 Å². The zero-order valence-corrected chi connectivity index (χ0v) is 24.3. The molecule has 7 heteroatoms. The fourth-order valence-electron chi connectivity index (χ4n) is 4.97. The lowest BCUT2D eigenvalue weighted by molar-refractivity contribution is -0.121. The highest BCUT2D eigenvalue weighted by Gasteiger charge is 2.59. The zero-order valence-electron chi connectivity index (χ0n) is 22.3. The van der Waals surface area contributed by atoms with Gasteiger partial charge in [0, 0.05) is 37.6 Å². The SMILES string of the molecule is CCC(Oc1cccc(NC)c1)C1(C(CC)Oc2cccc(NC)c2)CC[Si](C)(C)[Si](C)(C)O1. The van der Waals surface area contributed by atoms with Gasteiger partial charge in [0.25, 0.3) is 0 Å². The van der Waals surface area contributed by atoms with Gasteiger partial charge in [0.05, 0.1) is 7.59 Å². The van der Waals surface area contributed by atoms with Crippen molar-refractivity contribution in [2.24, 2.45) is 0 Å². The van der Waals surface area contributed by atoms with Gasteiger partial charge in [0.15, 0.2) is 7.83 Å². The number of anilines is 2. The maximum atomic E-state index is 7.36. The van der Waals surface area contributed by atoms with E-state index < -0.39 is 21.0 Å². The van der Waals surface area contributed by atoms with Crippen LogP contribution in [0.4, 0.5) is 11.4 Å². The van der Waals surface area contributed by atoms with Crippen LogP contribution in [0.25, 0.3) is 0 Å². The van der Waals surface area contributed by atoms with Gasteiger partial charge in [-0.1, -0.05) is 45.1 Å². The molecule has 188 valence electrons. The summed E-state index contributed by atoms with van der Waals surface area (Å²) in [5, 5.41) is 6.44. The van der Waals surface area contributed by atoms with Crippen LogP contribution in [0.15, 0.2) is 48.5 Å². The molecule has 2 unspecified atom stereocenters. The van der Waals surface area contributed by atoms with Crippen molar-refractivity contribution in [3.05, 3.63) is 48.5 Å². The van der Waals surface area contributed by atoms with Gasteiger partial charge < -0.3 is 24.5 Å². The second kappa shape index (κ2) is 10.7. The lowest BCUT2D eigenvalue weighted by atomic mass is 9.84. The summed E-state index contributed by atoms with van der Waals surface area (Å²) >= 11 is 0. The molecule has 0 saturated carbocycles. The van der Waals surface area contributed by atoms with Gasteiger partial charge in [0.2, 0.25) is 0 Å². The first-order valence-electron chi connectivity index (χ1n) is 12.7. The van der Waals surface area contributed by atoms with Crippen molar-refractivity contribution in [2.75, 3.05) is 24.7 Å². The highest BCUT2D eigenvalue weighted by molar-refractivity contribution is 7.38. The molecule has 1 heterocycles. The molecule has 0 radical (unpaired) electrons. The van der Waals surface area contributed by atoms with Gasteiger partial charge in [-0.3, -0.25) is 0 Å². The Morgan fingerprint density at radius 2 is 1.32 bits per heavy atom. The Bertz CT molecular complexity index is 893. The van der Waals surface area contributed by atoms with Crippen LogP contribution < -0.4 is 20.1 Å². The van der Waals surface area contributed by atoms with Gasteiger partial charge in [-0.15, -0.1) is 0 Å². The Balaban J connectivity index is 2.03. The molecule has 34 heavy (non-hydrogen) atoms. The molecule has 5 nitrogen and oxygen atoms in total. The summed E-state index contributed by atoms with van der Waals surface area (Å²) in [4.78, 5) is 0. The largest absolute Gasteiger partial charge is 0.487 e. The smallest absolute Gasteiger partial charge is 0.175 e. The normalized spacial score (nSPS) is 22.9. The molecule has 0 spiro atoms. The first-order valence-corrected chi connectivity index (χ1v) is 19.8. The number of rotatable bonds is 10. The second-order valence-electron chi connectivity index (χ2n) is 10.5. The predicted molar refractivity (Wildman–Crippen MR) is 150 cm³/mol. The molecule has 2 aromatic rings. The Morgan fingerprint density at radius 3 is 1.71 bits per heavy atom. The molecule has 2 atom stereocenters. The van der Waals surface area contributed by atoms with E-state index in [4.69, 9.17) is 13.9 Å². The summed E-state index contributed by atoms with van der Waals surface area (Å²) in [6.07, 6.45) is 2.47. The molecule has 1 aliphatic heterocycles. The highest BCUT2D eigenvalue weighted by Crippen LogP contribution is 2.46. The van der Waals surface area contributed by atoms with E-state index in [1.165, 1.54) is 6.04 Å². The molecule has 0 amide bonds. The third-order valence-electron chi connectivity index (χ3n) is 7.85. The quantitative estimate of drug-likeness (QED) is 0.346. The van der Waals surface area contributed by atoms with E-state index in [1.54, 1.807) is 0 Å². The average molecular weight is 501 g/mol. The minimum Gasteiger partial charge on any atom is -0.487 e. The van der Waals surface area contributed by atoms with Crippen molar-refractivity contribution in [1.82, 2.24) is 0 Å². The van der Waals surface area contributed by atoms with Crippen LogP contribution in [-0.4, -0.2) is 47.3 Å². The Kier molecular flexibility index (Phi) is 8.42. The van der Waals surface area contributed by atoms with Gasteiger partial charge in [-0.25, -0.2) is 0 Å². The van der Waals surface area contributed by atoms with E-state index in [1.807, 2.05) is 38.4 Å². The van der Waals surface area contributed by atoms with Crippen molar-refractivity contribution < 1.29 is 13.9 Å². The zero-order chi connectivity index (χ0) is 25.0. The standard InChI is InChI=1S/C27H44N2O3Si2/c1-9-25(30-23-15-11-13-21(19-23)28-3)27(17-18-33(5,6)34(7,8)32-27)26(10-2)31-24-16-12-14-22(20-24)29-4/h11-16,19-20,25-26,28-29H,9-10,17-18H2,1-8H3. The molecule has 1 fully saturated rings. The first-order chi connectivity index (χ1) is 16.1. The number of ether oxygens (including phenoxy) is 2. The molecule has 2 N–H and O–H groups in total. The molecule has 1 saturated heterocycles. The molecule has 2 aromatic carbocycles. The van der Waals surface area contributed by atoms with Crippen molar-refractivity contribution in [1.29, 1.82) is 0 Å². The number of hydrogen-bond donors (Lipinski definition) is 2. The Hall–Kier alpha value is -1.97. The summed E-state index contributed by atoms with van der Waals surface area (Å²) in [7, 11) is 0.488. The van der Waals surface area contributed by atoms with E-state index in [0.717, 1.165) is 42.1 Å². The lowest BCUT2D eigenvalue weighted by Crippen LogP contribution is -2.72. The summed E-state index contributed by atoms with van der Waals surface area (Å²) in [6.45, 7) is 14.2. The Labute approximate surface area is 208 Å². The van der Waals surface area contributed by atoms with Crippen molar-refractivity contribution in [3.8, 4) is 11.5 Å². The average Bonchev–Trinajstić information content (AvgIpc) is 2.83. The van der Waals surface area contributed by atoms with E-state index >= 15 is 0 Å². The summed E-state index contributed by atoms with van der Waals surface area (Å²) in [5.74, 6) is 1.74. The molecular weight excluding hydrogens is 456 g/mol. The number of benzene rings is 2. The van der Waals surface area contributed by atoms with E-state index in [9.17, 15) is 0 Å². The fourth-order valence-corrected chi connectivity index (χ4v) is 11.8. The van der Waals surface area contributed by atoms with Crippen LogP contribution in [0.5, 0.6) is 11.5 Å². The maximum absolute atomic E-state index is 7.36. The topological polar surface area (TPSA) is 51.8 Å². The van der Waals surface area contributed by atoms with E-state index in [0.29, 0.717) is 0 Å². The highest BCUT2D eigenvalue weighted by atomic mass is 29.3. The maximum Gasteiger partial charge on any atom is 0.175 e. The van der Waals surface area contributed by atoms with Crippen LogP contribution in [-0.2, 0) is 4.43 Å². The predicted octanol–water partition coefficient (Wildman–Crippen LogP) is 6.94. The minimum absolute atomic E-state index is 0.103. The lowest BCUT2D eigenvalue weighted by Gasteiger charge is -2.56. The van der Waals surface area contributed by atoms with E-state index in [-0.39, 0.29) is 12.2 Å². The Morgan fingerprint density at radius 1 is 0.853 bits per heavy atom.